The van der Waals surface area contributed by atoms with Crippen molar-refractivity contribution in [3.05, 3.63) is 29.8 Å². The Morgan fingerprint density at radius 2 is 1.86 bits per heavy atom. The van der Waals surface area contributed by atoms with Crippen LogP contribution >= 0.6 is 11.8 Å². The number of nitrogens with one attached hydrogen (secondary N) is 1. The Labute approximate surface area is 131 Å². The van der Waals surface area contributed by atoms with E-state index in [1.54, 1.807) is 0 Å². The van der Waals surface area contributed by atoms with Crippen LogP contribution in [0.2, 0.25) is 0 Å². The smallest absolute Gasteiger partial charge is 0.396 e. The van der Waals surface area contributed by atoms with Crippen molar-refractivity contribution < 1.29 is 23.1 Å². The van der Waals surface area contributed by atoms with E-state index in [4.69, 9.17) is 0 Å². The lowest BCUT2D eigenvalue weighted by Crippen LogP contribution is -2.31. The van der Waals surface area contributed by atoms with Crippen LogP contribution in [0.5, 0.6) is 0 Å². The molecule has 0 aliphatic heterocycles. The van der Waals surface area contributed by atoms with Crippen LogP contribution in [0.3, 0.4) is 0 Å². The van der Waals surface area contributed by atoms with Crippen molar-refractivity contribution in [3.63, 3.8) is 0 Å². The summed E-state index contributed by atoms with van der Waals surface area (Å²) in [5, 5.41) is 12.0. The van der Waals surface area contributed by atoms with Crippen LogP contribution in [0.1, 0.15) is 29.6 Å². The lowest BCUT2D eigenvalue weighted by atomic mass is 9.97. The highest BCUT2D eigenvalue weighted by Gasteiger charge is 2.29. The molecular weight excluding hydrogens is 315 g/mol. The predicted octanol–water partition coefficient (Wildman–Crippen LogP) is 3.44. The van der Waals surface area contributed by atoms with Gasteiger partial charge in [-0.15, -0.1) is 0 Å². The molecule has 0 heterocycles. The number of hydrogen-bond acceptors (Lipinski definition) is 3. The molecule has 1 aromatic rings. The Bertz CT molecular complexity index is 505. The molecule has 2 atom stereocenters. The molecule has 122 valence electrons. The van der Waals surface area contributed by atoms with E-state index in [2.05, 4.69) is 5.32 Å². The third kappa shape index (κ3) is 4.91. The maximum absolute atomic E-state index is 12.2. The first-order chi connectivity index (χ1) is 10.4. The fraction of sp³-hybridized carbons (Fsp3) is 0.533. The summed E-state index contributed by atoms with van der Waals surface area (Å²) in [6.45, 7) is 0.618. The van der Waals surface area contributed by atoms with Gasteiger partial charge in [0.25, 0.3) is 5.91 Å². The van der Waals surface area contributed by atoms with Crippen LogP contribution in [0, 0.1) is 11.8 Å². The first kappa shape index (κ1) is 17.1. The summed E-state index contributed by atoms with van der Waals surface area (Å²) in [5.74, 6) is 0.201. The number of amides is 1. The largest absolute Gasteiger partial charge is 0.446 e. The lowest BCUT2D eigenvalue weighted by Gasteiger charge is -2.17. The van der Waals surface area contributed by atoms with Crippen molar-refractivity contribution in [2.24, 2.45) is 11.8 Å². The first-order valence-corrected chi connectivity index (χ1v) is 7.95. The molecule has 0 aromatic heterocycles. The number of benzene rings is 1. The van der Waals surface area contributed by atoms with E-state index in [0.717, 1.165) is 19.3 Å². The van der Waals surface area contributed by atoms with E-state index in [1.807, 2.05) is 0 Å². The maximum Gasteiger partial charge on any atom is 0.446 e. The van der Waals surface area contributed by atoms with E-state index in [0.29, 0.717) is 12.1 Å². The van der Waals surface area contributed by atoms with Gasteiger partial charge in [0.15, 0.2) is 0 Å². The molecule has 1 saturated carbocycles. The Balaban J connectivity index is 1.87. The molecule has 3 nitrogen and oxygen atoms in total. The summed E-state index contributed by atoms with van der Waals surface area (Å²) in [6, 6.07) is 5.36. The summed E-state index contributed by atoms with van der Waals surface area (Å²) in [7, 11) is 0. The van der Waals surface area contributed by atoms with Gasteiger partial charge in [-0.3, -0.25) is 4.79 Å². The molecule has 7 heteroatoms. The molecule has 0 saturated heterocycles. The topological polar surface area (TPSA) is 49.3 Å². The van der Waals surface area contributed by atoms with Gasteiger partial charge < -0.3 is 10.4 Å². The van der Waals surface area contributed by atoms with Gasteiger partial charge in [-0.05, 0) is 60.7 Å². The highest BCUT2D eigenvalue weighted by molar-refractivity contribution is 8.00. The van der Waals surface area contributed by atoms with Gasteiger partial charge in [0.05, 0.1) is 0 Å². The average Bonchev–Trinajstić information content (AvgIpc) is 2.91. The normalized spacial score (nSPS) is 21.8. The third-order valence-corrected chi connectivity index (χ3v) is 4.67. The zero-order valence-corrected chi connectivity index (χ0v) is 12.7. The standard InChI is InChI=1S/C15H18F3NO2S/c16-15(17,18)22-13-6-4-10(5-7-13)14(21)19-8-11-2-1-3-12(11)9-20/h4-7,11-12,20H,1-3,8-9H2,(H,19,21). The second-order valence-corrected chi connectivity index (χ2v) is 6.55. The molecular formula is C15H18F3NO2S. The van der Waals surface area contributed by atoms with E-state index >= 15 is 0 Å². The minimum absolute atomic E-state index is 0.0557. The van der Waals surface area contributed by atoms with Crippen LogP contribution in [0.15, 0.2) is 29.2 Å². The van der Waals surface area contributed by atoms with Gasteiger partial charge in [0.1, 0.15) is 0 Å². The quantitative estimate of drug-likeness (QED) is 0.812. The molecule has 1 amide bonds. The van der Waals surface area contributed by atoms with E-state index in [-0.39, 0.29) is 41.0 Å². The Morgan fingerprint density at radius 1 is 1.23 bits per heavy atom. The average molecular weight is 333 g/mol. The molecule has 1 aliphatic carbocycles. The number of aliphatic hydroxyl groups is 1. The van der Waals surface area contributed by atoms with Crippen molar-refractivity contribution in [1.29, 1.82) is 0 Å². The highest BCUT2D eigenvalue weighted by atomic mass is 32.2. The van der Waals surface area contributed by atoms with Gasteiger partial charge in [-0.25, -0.2) is 0 Å². The molecule has 2 unspecified atom stereocenters. The molecule has 0 radical (unpaired) electrons. The summed E-state index contributed by atoms with van der Waals surface area (Å²) in [4.78, 5) is 12.0. The van der Waals surface area contributed by atoms with Crippen molar-refractivity contribution in [2.75, 3.05) is 13.2 Å². The van der Waals surface area contributed by atoms with Crippen molar-refractivity contribution >= 4 is 17.7 Å². The fourth-order valence-electron chi connectivity index (χ4n) is 2.76. The van der Waals surface area contributed by atoms with Crippen LogP contribution in [0.25, 0.3) is 0 Å². The fourth-order valence-corrected chi connectivity index (χ4v) is 3.30. The minimum atomic E-state index is -4.33. The lowest BCUT2D eigenvalue weighted by molar-refractivity contribution is -0.0328. The minimum Gasteiger partial charge on any atom is -0.396 e. The number of carbonyl (C=O) groups is 1. The van der Waals surface area contributed by atoms with Gasteiger partial charge in [-0.2, -0.15) is 13.2 Å². The van der Waals surface area contributed by atoms with Crippen LogP contribution < -0.4 is 5.32 Å². The molecule has 22 heavy (non-hydrogen) atoms. The highest BCUT2D eigenvalue weighted by Crippen LogP contribution is 2.36. The van der Waals surface area contributed by atoms with Crippen molar-refractivity contribution in [1.82, 2.24) is 5.32 Å². The molecule has 1 aromatic carbocycles. The Kier molecular flexibility index (Phi) is 5.74. The number of carbonyl (C=O) groups excluding carboxylic acids is 1. The number of rotatable bonds is 5. The van der Waals surface area contributed by atoms with Crippen LogP contribution in [0.4, 0.5) is 13.2 Å². The second kappa shape index (κ2) is 7.37. The summed E-state index contributed by atoms with van der Waals surface area (Å²) >= 11 is -0.201. The Morgan fingerprint density at radius 3 is 2.45 bits per heavy atom. The molecule has 0 bridgehead atoms. The SMILES string of the molecule is O=C(NCC1CCCC1CO)c1ccc(SC(F)(F)F)cc1. The summed E-state index contributed by atoms with van der Waals surface area (Å²) < 4.78 is 36.7. The van der Waals surface area contributed by atoms with E-state index in [1.165, 1.54) is 24.3 Å². The molecule has 0 spiro atoms. The molecule has 2 N–H and O–H groups in total. The van der Waals surface area contributed by atoms with Gasteiger partial charge in [0.2, 0.25) is 0 Å². The monoisotopic (exact) mass is 333 g/mol. The maximum atomic E-state index is 12.2. The zero-order chi connectivity index (χ0) is 16.2. The van der Waals surface area contributed by atoms with Gasteiger partial charge >= 0.3 is 5.51 Å². The van der Waals surface area contributed by atoms with E-state index < -0.39 is 5.51 Å². The first-order valence-electron chi connectivity index (χ1n) is 7.14. The summed E-state index contributed by atoms with van der Waals surface area (Å²) in [5.41, 5.74) is -3.99. The third-order valence-electron chi connectivity index (χ3n) is 3.93. The number of aliphatic hydroxyl groups excluding tert-OH is 1. The molecule has 1 fully saturated rings. The van der Waals surface area contributed by atoms with Gasteiger partial charge in [0, 0.05) is 23.6 Å². The zero-order valence-electron chi connectivity index (χ0n) is 11.9. The second-order valence-electron chi connectivity index (χ2n) is 5.42. The number of thioether (sulfide) groups is 1. The van der Waals surface area contributed by atoms with Crippen molar-refractivity contribution in [3.8, 4) is 0 Å². The Hall–Kier alpha value is -1.21. The van der Waals surface area contributed by atoms with Crippen LogP contribution in [-0.4, -0.2) is 29.7 Å². The molecule has 2 rings (SSSR count). The number of halogens is 3. The summed E-state index contributed by atoms with van der Waals surface area (Å²) in [6.07, 6.45) is 3.00. The van der Waals surface area contributed by atoms with E-state index in [9.17, 15) is 23.1 Å². The number of hydrogen-bond donors (Lipinski definition) is 2. The predicted molar refractivity (Wildman–Crippen MR) is 78.6 cm³/mol. The number of alkyl halides is 3. The van der Waals surface area contributed by atoms with Crippen LogP contribution in [-0.2, 0) is 0 Å². The van der Waals surface area contributed by atoms with Gasteiger partial charge in [-0.1, -0.05) is 6.42 Å². The molecule has 1 aliphatic rings. The van der Waals surface area contributed by atoms with Crippen molar-refractivity contribution in [2.45, 2.75) is 29.7 Å².